The molecule has 0 unspecified atom stereocenters. The molecule has 0 aliphatic carbocycles. The van der Waals surface area contributed by atoms with E-state index in [0.717, 1.165) is 0 Å². The molecular weight excluding hydrogens is 268 g/mol. The van der Waals surface area contributed by atoms with E-state index in [-0.39, 0.29) is 11.7 Å². The number of nitrogens with two attached hydrogens (primary N) is 2. The van der Waals surface area contributed by atoms with E-state index in [1.54, 1.807) is 18.2 Å². The lowest BCUT2D eigenvalue weighted by Crippen LogP contribution is -2.30. The molecule has 1 amide bonds. The van der Waals surface area contributed by atoms with Crippen LogP contribution in [0.2, 0.25) is 0 Å². The van der Waals surface area contributed by atoms with Crippen molar-refractivity contribution in [2.24, 2.45) is 5.84 Å². The molecule has 114 valence electrons. The predicted molar refractivity (Wildman–Crippen MR) is 85.4 cm³/mol. The van der Waals surface area contributed by atoms with E-state index in [4.69, 9.17) is 16.3 Å². The summed E-state index contributed by atoms with van der Waals surface area (Å²) < 4.78 is 5.59. The zero-order valence-corrected chi connectivity index (χ0v) is 12.3. The Hall–Kier alpha value is -2.57. The molecule has 0 aromatic heterocycles. The number of benzene rings is 2. The molecule has 2 aromatic carbocycles. The summed E-state index contributed by atoms with van der Waals surface area (Å²) in [5.74, 6) is 5.83. The van der Waals surface area contributed by atoms with Gasteiger partial charge in [-0.2, -0.15) is 0 Å². The van der Waals surface area contributed by atoms with Crippen LogP contribution in [0.1, 0.15) is 24.2 Å². The number of nitrogen functional groups attached to an aromatic ring is 2. The van der Waals surface area contributed by atoms with Gasteiger partial charge in [0.05, 0.1) is 5.56 Å². The molecule has 0 saturated carbocycles. The van der Waals surface area contributed by atoms with E-state index in [9.17, 15) is 4.79 Å². The van der Waals surface area contributed by atoms with Gasteiger partial charge in [-0.15, -0.1) is 0 Å². The van der Waals surface area contributed by atoms with Gasteiger partial charge >= 0.3 is 0 Å². The quantitative estimate of drug-likeness (QED) is 0.299. The second kappa shape index (κ2) is 9.35. The molecule has 0 fully saturated rings. The summed E-state index contributed by atoms with van der Waals surface area (Å²) in [6.07, 6.45) is 0. The van der Waals surface area contributed by atoms with Crippen molar-refractivity contribution in [3.8, 4) is 11.5 Å². The first kappa shape index (κ1) is 18.4. The van der Waals surface area contributed by atoms with Crippen molar-refractivity contribution >= 4 is 11.6 Å². The zero-order chi connectivity index (χ0) is 15.0. The highest BCUT2D eigenvalue weighted by Gasteiger charge is 2.09. The van der Waals surface area contributed by atoms with Gasteiger partial charge in [0, 0.05) is 5.69 Å². The molecule has 0 spiro atoms. The van der Waals surface area contributed by atoms with E-state index < -0.39 is 5.91 Å². The van der Waals surface area contributed by atoms with Gasteiger partial charge in [-0.05, 0) is 30.3 Å². The van der Waals surface area contributed by atoms with Crippen molar-refractivity contribution in [1.29, 1.82) is 0 Å². The maximum absolute atomic E-state index is 11.5. The Bertz CT molecular complexity index is 559. The molecule has 2 aromatic rings. The average molecular weight is 290 g/mol. The number of nitrogens with one attached hydrogen (secondary N) is 1. The Balaban J connectivity index is 0.00000128. The highest BCUT2D eigenvalue weighted by atomic mass is 16.5. The first-order valence-electron chi connectivity index (χ1n) is 6.34. The number of carbonyl (C=O) groups excluding carboxylic acids is 1. The van der Waals surface area contributed by atoms with Gasteiger partial charge in [0.15, 0.2) is 0 Å². The van der Waals surface area contributed by atoms with E-state index in [0.29, 0.717) is 17.2 Å². The van der Waals surface area contributed by atoms with E-state index in [1.165, 1.54) is 0 Å². The van der Waals surface area contributed by atoms with Crippen LogP contribution in [0.15, 0.2) is 48.5 Å². The molecule has 21 heavy (non-hydrogen) atoms. The van der Waals surface area contributed by atoms with Crippen LogP contribution >= 0.6 is 0 Å². The van der Waals surface area contributed by atoms with E-state index >= 15 is 0 Å². The number of anilines is 1. The molecule has 6 nitrogen and oxygen atoms in total. The third-order valence-electron chi connectivity index (χ3n) is 2.38. The third kappa shape index (κ3) is 5.13. The third-order valence-corrected chi connectivity index (χ3v) is 2.38. The topological polar surface area (TPSA) is 125 Å². The summed E-state index contributed by atoms with van der Waals surface area (Å²) in [5, 5.41) is 0. The maximum atomic E-state index is 11.5. The number of hydrogen-bond donors (Lipinski definition) is 4. The normalized spacial score (nSPS) is 8.71. The first-order valence-corrected chi connectivity index (χ1v) is 6.34. The van der Waals surface area contributed by atoms with Gasteiger partial charge in [-0.1, -0.05) is 32.0 Å². The molecule has 2 rings (SSSR count). The van der Waals surface area contributed by atoms with Crippen molar-refractivity contribution in [3.63, 3.8) is 0 Å². The van der Waals surface area contributed by atoms with E-state index in [1.807, 2.05) is 49.6 Å². The van der Waals surface area contributed by atoms with Crippen LogP contribution in [0, 0.1) is 0 Å². The minimum Gasteiger partial charge on any atom is -0.457 e. The molecule has 0 atom stereocenters. The van der Waals surface area contributed by atoms with Crippen LogP contribution in [-0.4, -0.2) is 5.91 Å². The zero-order valence-electron chi connectivity index (χ0n) is 12.3. The summed E-state index contributed by atoms with van der Waals surface area (Å²) in [6.45, 7) is 4.00. The number of ether oxygens (including phenoxy) is 1. The van der Waals surface area contributed by atoms with Crippen LogP contribution in [0.5, 0.6) is 11.5 Å². The van der Waals surface area contributed by atoms with Crippen molar-refractivity contribution < 1.29 is 9.53 Å². The van der Waals surface area contributed by atoms with Gasteiger partial charge in [-0.25, -0.2) is 5.84 Å². The second-order valence-electron chi connectivity index (χ2n) is 3.64. The number of hydrazine groups is 1. The van der Waals surface area contributed by atoms with Crippen molar-refractivity contribution in [2.75, 3.05) is 5.73 Å². The summed E-state index contributed by atoms with van der Waals surface area (Å²) >= 11 is 0. The van der Waals surface area contributed by atoms with Gasteiger partial charge in [0.1, 0.15) is 11.5 Å². The average Bonchev–Trinajstić information content (AvgIpc) is 2.51. The minimum absolute atomic E-state index is 0. The Morgan fingerprint density at radius 3 is 2.24 bits per heavy atom. The Morgan fingerprint density at radius 2 is 1.67 bits per heavy atom. The second-order valence-corrected chi connectivity index (χ2v) is 3.64. The molecule has 0 saturated heterocycles. The SMILES string of the molecule is CC.N.NNC(=O)c1cc(Oc2ccccc2)ccc1N. The fourth-order valence-electron chi connectivity index (χ4n) is 1.50. The number of para-hydroxylation sites is 1. The lowest BCUT2D eigenvalue weighted by Gasteiger charge is -2.09. The van der Waals surface area contributed by atoms with Gasteiger partial charge < -0.3 is 16.6 Å². The molecule has 0 bridgehead atoms. The lowest BCUT2D eigenvalue weighted by atomic mass is 10.1. The van der Waals surface area contributed by atoms with Crippen LogP contribution in [-0.2, 0) is 0 Å². The Kier molecular flexibility index (Phi) is 8.21. The smallest absolute Gasteiger partial charge is 0.267 e. The highest BCUT2D eigenvalue weighted by molar-refractivity contribution is 5.99. The van der Waals surface area contributed by atoms with Gasteiger partial charge in [0.2, 0.25) is 0 Å². The van der Waals surface area contributed by atoms with Crippen LogP contribution < -0.4 is 27.9 Å². The summed E-state index contributed by atoms with van der Waals surface area (Å²) in [6, 6.07) is 14.1. The molecule has 0 aliphatic heterocycles. The van der Waals surface area contributed by atoms with Crippen molar-refractivity contribution in [3.05, 3.63) is 54.1 Å². The molecule has 6 heteroatoms. The van der Waals surface area contributed by atoms with Gasteiger partial charge in [0.25, 0.3) is 5.91 Å². The first-order chi connectivity index (χ1) is 9.70. The van der Waals surface area contributed by atoms with Gasteiger partial charge in [-0.3, -0.25) is 10.2 Å². The Morgan fingerprint density at radius 1 is 1.05 bits per heavy atom. The van der Waals surface area contributed by atoms with Crippen LogP contribution in [0.25, 0.3) is 0 Å². The number of amides is 1. The molecule has 8 N–H and O–H groups in total. The van der Waals surface area contributed by atoms with Crippen molar-refractivity contribution in [2.45, 2.75) is 13.8 Å². The van der Waals surface area contributed by atoms with Crippen molar-refractivity contribution in [1.82, 2.24) is 11.6 Å². The molecular formula is C15H22N4O2. The Labute approximate surface area is 124 Å². The lowest BCUT2D eigenvalue weighted by molar-refractivity contribution is 0.0954. The number of carbonyl (C=O) groups is 1. The van der Waals surface area contributed by atoms with Crippen LogP contribution in [0.3, 0.4) is 0 Å². The number of rotatable bonds is 3. The molecule has 0 heterocycles. The fourth-order valence-corrected chi connectivity index (χ4v) is 1.50. The standard InChI is InChI=1S/C13H13N3O2.C2H6.H3N/c14-12-7-6-10(8-11(12)13(17)16-15)18-9-4-2-1-3-5-9;1-2;/h1-8H,14-15H2,(H,16,17);1-2H3;1H3. The summed E-state index contributed by atoms with van der Waals surface area (Å²) in [4.78, 5) is 11.5. The van der Waals surface area contributed by atoms with E-state index in [2.05, 4.69) is 0 Å². The summed E-state index contributed by atoms with van der Waals surface area (Å²) in [7, 11) is 0. The predicted octanol–water partition coefficient (Wildman–Crippen LogP) is 2.85. The van der Waals surface area contributed by atoms with Crippen LogP contribution in [0.4, 0.5) is 5.69 Å². The monoisotopic (exact) mass is 290 g/mol. The fraction of sp³-hybridized carbons (Fsp3) is 0.133. The maximum Gasteiger partial charge on any atom is 0.267 e. The summed E-state index contributed by atoms with van der Waals surface area (Å²) in [5.41, 5.74) is 8.36. The molecule has 0 radical (unpaired) electrons. The molecule has 0 aliphatic rings. The minimum atomic E-state index is -0.453. The highest BCUT2D eigenvalue weighted by Crippen LogP contribution is 2.24. The largest absolute Gasteiger partial charge is 0.457 e. The number of hydrogen-bond acceptors (Lipinski definition) is 5.